The lowest BCUT2D eigenvalue weighted by Crippen LogP contribution is -2.54. The molecule has 1 amide bonds. The molecule has 1 fully saturated rings. The van der Waals surface area contributed by atoms with Crippen LogP contribution in [0.15, 0.2) is 48.8 Å². The molecule has 6 heteroatoms. The van der Waals surface area contributed by atoms with E-state index < -0.39 is 5.60 Å². The fraction of sp³-hybridized carbons (Fsp3) is 0.389. The van der Waals surface area contributed by atoms with Gasteiger partial charge in [0.25, 0.3) is 5.91 Å². The second-order valence-corrected chi connectivity index (χ2v) is 5.89. The summed E-state index contributed by atoms with van der Waals surface area (Å²) in [6.45, 7) is 1.54. The Balaban J connectivity index is 1.68. The maximum atomic E-state index is 12.6. The first kappa shape index (κ1) is 16.4. The van der Waals surface area contributed by atoms with Crippen LogP contribution in [0.25, 0.3) is 0 Å². The van der Waals surface area contributed by atoms with Crippen LogP contribution in [0, 0.1) is 0 Å². The molecular weight excluding hydrogens is 306 g/mol. The lowest BCUT2D eigenvalue weighted by atomic mass is 9.93. The molecule has 2 heterocycles. The Kier molecular flexibility index (Phi) is 5.05. The van der Waals surface area contributed by atoms with Crippen molar-refractivity contribution < 1.29 is 14.3 Å². The zero-order chi connectivity index (χ0) is 16.8. The van der Waals surface area contributed by atoms with Crippen molar-refractivity contribution in [3.63, 3.8) is 0 Å². The summed E-state index contributed by atoms with van der Waals surface area (Å²) < 4.78 is 11.6. The smallest absolute Gasteiger partial charge is 0.291 e. The lowest BCUT2D eigenvalue weighted by molar-refractivity contribution is -0.0826. The van der Waals surface area contributed by atoms with E-state index in [1.807, 2.05) is 30.3 Å². The van der Waals surface area contributed by atoms with Gasteiger partial charge >= 0.3 is 0 Å². The monoisotopic (exact) mass is 327 g/mol. The Morgan fingerprint density at radius 3 is 2.67 bits per heavy atom. The Bertz CT molecular complexity index is 666. The quantitative estimate of drug-likeness (QED) is 0.842. The fourth-order valence-electron chi connectivity index (χ4n) is 2.90. The van der Waals surface area contributed by atoms with Crippen molar-refractivity contribution in [2.45, 2.75) is 18.4 Å². The molecule has 2 aromatic rings. The highest BCUT2D eigenvalue weighted by atomic mass is 16.5. The molecule has 0 N–H and O–H groups in total. The number of hydrogen-bond acceptors (Lipinski definition) is 5. The molecule has 3 rings (SSSR count). The Morgan fingerprint density at radius 1 is 1.21 bits per heavy atom. The van der Waals surface area contributed by atoms with E-state index in [2.05, 4.69) is 9.97 Å². The van der Waals surface area contributed by atoms with Crippen LogP contribution in [-0.2, 0) is 4.74 Å². The number of methoxy groups -OCH3 is 1. The average molecular weight is 327 g/mol. The van der Waals surface area contributed by atoms with Crippen LogP contribution in [-0.4, -0.2) is 53.2 Å². The molecule has 0 aliphatic carbocycles. The van der Waals surface area contributed by atoms with Gasteiger partial charge in [-0.25, -0.2) is 9.97 Å². The summed E-state index contributed by atoms with van der Waals surface area (Å²) in [7, 11) is 1.67. The van der Waals surface area contributed by atoms with Crippen LogP contribution in [0.2, 0.25) is 0 Å². The SMILES string of the molecule is CO[C@]1(COc2ccccc2)CCCN(C(=O)c2ncccn2)C1. The van der Waals surface area contributed by atoms with Gasteiger partial charge in [0, 0.05) is 26.0 Å². The number of hydrogen-bond donors (Lipinski definition) is 0. The van der Waals surface area contributed by atoms with Gasteiger partial charge in [-0.1, -0.05) is 18.2 Å². The zero-order valence-corrected chi connectivity index (χ0v) is 13.7. The first-order valence-corrected chi connectivity index (χ1v) is 8.02. The molecule has 1 aliphatic rings. The summed E-state index contributed by atoms with van der Waals surface area (Å²) in [5.74, 6) is 0.841. The van der Waals surface area contributed by atoms with Crippen LogP contribution in [0.5, 0.6) is 5.75 Å². The fourth-order valence-corrected chi connectivity index (χ4v) is 2.90. The van der Waals surface area contributed by atoms with Crippen molar-refractivity contribution in [3.05, 3.63) is 54.6 Å². The van der Waals surface area contributed by atoms with E-state index in [-0.39, 0.29) is 11.7 Å². The van der Waals surface area contributed by atoms with Gasteiger partial charge in [0.15, 0.2) is 0 Å². The number of nitrogens with zero attached hydrogens (tertiary/aromatic N) is 3. The first-order valence-electron chi connectivity index (χ1n) is 8.02. The van der Waals surface area contributed by atoms with Crippen LogP contribution in [0.4, 0.5) is 0 Å². The number of benzene rings is 1. The van der Waals surface area contributed by atoms with Crippen LogP contribution >= 0.6 is 0 Å². The predicted molar refractivity (Wildman–Crippen MR) is 88.8 cm³/mol. The minimum Gasteiger partial charge on any atom is -0.491 e. The molecule has 1 aliphatic heterocycles. The lowest BCUT2D eigenvalue weighted by Gasteiger charge is -2.41. The molecule has 24 heavy (non-hydrogen) atoms. The van der Waals surface area contributed by atoms with Crippen molar-refractivity contribution >= 4 is 5.91 Å². The van der Waals surface area contributed by atoms with Crippen molar-refractivity contribution in [2.24, 2.45) is 0 Å². The minimum absolute atomic E-state index is 0.170. The minimum atomic E-state index is -0.515. The van der Waals surface area contributed by atoms with E-state index in [1.54, 1.807) is 30.5 Å². The van der Waals surface area contributed by atoms with Crippen molar-refractivity contribution in [1.29, 1.82) is 0 Å². The van der Waals surface area contributed by atoms with E-state index in [9.17, 15) is 4.79 Å². The van der Waals surface area contributed by atoms with Gasteiger partial charge < -0.3 is 14.4 Å². The normalized spacial score (nSPS) is 20.6. The van der Waals surface area contributed by atoms with Gasteiger partial charge in [-0.15, -0.1) is 0 Å². The summed E-state index contributed by atoms with van der Waals surface area (Å²) in [5.41, 5.74) is -0.515. The standard InChI is InChI=1S/C18H21N3O3/c1-23-18(14-24-15-7-3-2-4-8-15)9-5-12-21(13-18)17(22)16-19-10-6-11-20-16/h2-4,6-8,10-11H,5,9,12-14H2,1H3/t18-/m1/s1. The van der Waals surface area contributed by atoms with Gasteiger partial charge in [-0.3, -0.25) is 4.79 Å². The van der Waals surface area contributed by atoms with E-state index in [1.165, 1.54) is 0 Å². The molecule has 0 bridgehead atoms. The molecule has 1 aromatic heterocycles. The van der Waals surface area contributed by atoms with Crippen LogP contribution in [0.3, 0.4) is 0 Å². The van der Waals surface area contributed by atoms with Crippen LogP contribution in [0.1, 0.15) is 23.5 Å². The predicted octanol–water partition coefficient (Wildman–Crippen LogP) is 2.18. The zero-order valence-electron chi connectivity index (χ0n) is 13.7. The van der Waals surface area contributed by atoms with Crippen LogP contribution < -0.4 is 4.74 Å². The van der Waals surface area contributed by atoms with Crippen molar-refractivity contribution in [2.75, 3.05) is 26.8 Å². The highest BCUT2D eigenvalue weighted by Crippen LogP contribution is 2.26. The Morgan fingerprint density at radius 2 is 1.96 bits per heavy atom. The average Bonchev–Trinajstić information content (AvgIpc) is 2.67. The number of amides is 1. The molecule has 0 radical (unpaired) electrons. The molecule has 0 unspecified atom stereocenters. The van der Waals surface area contributed by atoms with Crippen molar-refractivity contribution in [3.8, 4) is 5.75 Å². The largest absolute Gasteiger partial charge is 0.491 e. The van der Waals surface area contributed by atoms with E-state index in [0.717, 1.165) is 18.6 Å². The Hall–Kier alpha value is -2.47. The Labute approximate surface area is 141 Å². The molecule has 1 saturated heterocycles. The van der Waals surface area contributed by atoms with Gasteiger partial charge in [-0.05, 0) is 31.0 Å². The van der Waals surface area contributed by atoms with Gasteiger partial charge in [0.05, 0.1) is 6.54 Å². The van der Waals surface area contributed by atoms with E-state index in [0.29, 0.717) is 19.7 Å². The number of ether oxygens (including phenoxy) is 2. The highest BCUT2D eigenvalue weighted by Gasteiger charge is 2.39. The maximum absolute atomic E-state index is 12.6. The number of rotatable bonds is 5. The number of aromatic nitrogens is 2. The van der Waals surface area contributed by atoms with E-state index >= 15 is 0 Å². The van der Waals surface area contributed by atoms with Gasteiger partial charge in [0.1, 0.15) is 18.0 Å². The van der Waals surface area contributed by atoms with E-state index in [4.69, 9.17) is 9.47 Å². The number of likely N-dealkylation sites (tertiary alicyclic amines) is 1. The maximum Gasteiger partial charge on any atom is 0.291 e. The summed E-state index contributed by atoms with van der Waals surface area (Å²) in [4.78, 5) is 22.4. The summed E-state index contributed by atoms with van der Waals surface area (Å²) >= 11 is 0. The summed E-state index contributed by atoms with van der Waals surface area (Å²) in [5, 5.41) is 0. The van der Waals surface area contributed by atoms with Crippen molar-refractivity contribution in [1.82, 2.24) is 14.9 Å². The molecule has 0 saturated carbocycles. The summed E-state index contributed by atoms with van der Waals surface area (Å²) in [6, 6.07) is 11.3. The topological polar surface area (TPSA) is 64.6 Å². The second-order valence-electron chi connectivity index (χ2n) is 5.89. The summed E-state index contributed by atoms with van der Waals surface area (Å²) in [6.07, 6.45) is 4.85. The number of piperidine rings is 1. The second kappa shape index (κ2) is 7.40. The first-order chi connectivity index (χ1) is 11.7. The number of carbonyl (C=O) groups is 1. The molecular formula is C18H21N3O3. The van der Waals surface area contributed by atoms with Gasteiger partial charge in [0.2, 0.25) is 5.82 Å². The highest BCUT2D eigenvalue weighted by molar-refractivity contribution is 5.90. The third-order valence-corrected chi connectivity index (χ3v) is 4.26. The molecule has 1 atom stereocenters. The molecule has 126 valence electrons. The number of carbonyl (C=O) groups excluding carboxylic acids is 1. The molecule has 1 aromatic carbocycles. The molecule has 0 spiro atoms. The molecule has 6 nitrogen and oxygen atoms in total. The number of para-hydroxylation sites is 1. The third kappa shape index (κ3) is 3.71. The third-order valence-electron chi connectivity index (χ3n) is 4.26. The van der Waals surface area contributed by atoms with Gasteiger partial charge in [-0.2, -0.15) is 0 Å².